The van der Waals surface area contributed by atoms with Crippen molar-refractivity contribution in [2.45, 2.75) is 14.9 Å². The van der Waals surface area contributed by atoms with Gasteiger partial charge in [-0.15, -0.1) is 11.8 Å². The fraction of sp³-hybridized carbons (Fsp3) is 0.0833. The molecule has 0 spiro atoms. The van der Waals surface area contributed by atoms with Crippen LogP contribution in [0, 0.1) is 22.7 Å². The Balaban J connectivity index is 2.51. The second-order valence-electron chi connectivity index (χ2n) is 3.27. The summed E-state index contributed by atoms with van der Waals surface area (Å²) in [5, 5.41) is 19.0. The van der Waals surface area contributed by atoms with Crippen molar-refractivity contribution in [2.75, 3.05) is 6.26 Å². The maximum absolute atomic E-state index is 9.17. The Morgan fingerprint density at radius 1 is 1.28 bits per heavy atom. The van der Waals surface area contributed by atoms with Crippen molar-refractivity contribution in [2.24, 2.45) is 0 Å². The molecule has 4 nitrogen and oxygen atoms in total. The van der Waals surface area contributed by atoms with Gasteiger partial charge in [-0.1, -0.05) is 11.8 Å². The van der Waals surface area contributed by atoms with E-state index >= 15 is 0 Å². The first-order valence-corrected chi connectivity index (χ1v) is 7.02. The van der Waals surface area contributed by atoms with Gasteiger partial charge in [0.05, 0.1) is 11.1 Å². The molecule has 0 radical (unpaired) electrons. The molecular formula is C12H8N4S2. The van der Waals surface area contributed by atoms with Crippen LogP contribution < -0.4 is 0 Å². The highest BCUT2D eigenvalue weighted by atomic mass is 32.2. The van der Waals surface area contributed by atoms with Gasteiger partial charge < -0.3 is 4.98 Å². The summed E-state index contributed by atoms with van der Waals surface area (Å²) in [7, 11) is 0. The number of benzene rings is 1. The number of H-pyrrole nitrogens is 1. The minimum atomic E-state index is 0.400. The first-order valence-electron chi connectivity index (χ1n) is 4.98. The molecule has 0 saturated carbocycles. The Bertz CT molecular complexity index is 635. The molecule has 6 heteroatoms. The maximum Gasteiger partial charge on any atom is 0.170 e. The first-order chi connectivity index (χ1) is 8.78. The Morgan fingerprint density at radius 3 is 2.67 bits per heavy atom. The zero-order chi connectivity index (χ0) is 13.0. The second-order valence-corrected chi connectivity index (χ2v) is 5.18. The number of thioether (sulfide) groups is 1. The minimum absolute atomic E-state index is 0.400. The Morgan fingerprint density at radius 2 is 2.11 bits per heavy atom. The van der Waals surface area contributed by atoms with Gasteiger partial charge in [-0.05, 0) is 18.4 Å². The van der Waals surface area contributed by atoms with Crippen molar-refractivity contribution in [3.05, 3.63) is 35.7 Å². The largest absolute Gasteiger partial charge is 0.339 e. The lowest BCUT2D eigenvalue weighted by Gasteiger charge is -2.06. The third-order valence-corrected chi connectivity index (χ3v) is 3.89. The smallest absolute Gasteiger partial charge is 0.170 e. The van der Waals surface area contributed by atoms with Crippen LogP contribution in [0.1, 0.15) is 11.1 Å². The van der Waals surface area contributed by atoms with Gasteiger partial charge >= 0.3 is 0 Å². The molecule has 2 rings (SSSR count). The van der Waals surface area contributed by atoms with Crippen LogP contribution in [0.5, 0.6) is 0 Å². The summed E-state index contributed by atoms with van der Waals surface area (Å²) in [6.45, 7) is 0. The Hall–Kier alpha value is -1.89. The molecule has 0 aliphatic carbocycles. The lowest BCUT2D eigenvalue weighted by atomic mass is 10.1. The molecule has 1 aromatic carbocycles. The lowest BCUT2D eigenvalue weighted by molar-refractivity contribution is 1.05. The monoisotopic (exact) mass is 272 g/mol. The average molecular weight is 272 g/mol. The summed E-state index contributed by atoms with van der Waals surface area (Å²) in [4.78, 5) is 8.77. The molecule has 2 aromatic rings. The van der Waals surface area contributed by atoms with E-state index in [4.69, 9.17) is 5.26 Å². The fourth-order valence-corrected chi connectivity index (χ4v) is 2.84. The van der Waals surface area contributed by atoms with E-state index in [9.17, 15) is 5.26 Å². The highest BCUT2D eigenvalue weighted by molar-refractivity contribution is 7.99. The Labute approximate surface area is 113 Å². The summed E-state index contributed by atoms with van der Waals surface area (Å²) in [5.74, 6) is 0. The van der Waals surface area contributed by atoms with Gasteiger partial charge in [-0.2, -0.15) is 10.5 Å². The van der Waals surface area contributed by atoms with E-state index in [2.05, 4.69) is 22.1 Å². The van der Waals surface area contributed by atoms with Crippen LogP contribution in [-0.4, -0.2) is 16.2 Å². The van der Waals surface area contributed by atoms with Crippen LogP contribution in [0.25, 0.3) is 0 Å². The number of nitriles is 2. The molecule has 1 N–H and O–H groups in total. The van der Waals surface area contributed by atoms with Gasteiger partial charge in [-0.3, -0.25) is 0 Å². The number of aromatic nitrogens is 2. The summed E-state index contributed by atoms with van der Waals surface area (Å²) in [6, 6.07) is 7.78. The molecule has 0 fully saturated rings. The van der Waals surface area contributed by atoms with E-state index in [0.717, 1.165) is 9.79 Å². The van der Waals surface area contributed by atoms with Crippen molar-refractivity contribution in [3.63, 3.8) is 0 Å². The molecule has 1 heterocycles. The molecule has 0 aliphatic heterocycles. The number of nitrogens with zero attached hydrogens (tertiary/aromatic N) is 3. The summed E-state index contributed by atoms with van der Waals surface area (Å²) >= 11 is 2.89. The van der Waals surface area contributed by atoms with E-state index in [1.54, 1.807) is 18.5 Å². The summed E-state index contributed by atoms with van der Waals surface area (Å²) in [5.41, 5.74) is 0.801. The van der Waals surface area contributed by atoms with Crippen molar-refractivity contribution in [1.29, 1.82) is 10.5 Å². The molecule has 88 valence electrons. The zero-order valence-corrected chi connectivity index (χ0v) is 11.1. The van der Waals surface area contributed by atoms with Gasteiger partial charge in [0.15, 0.2) is 5.16 Å². The van der Waals surface area contributed by atoms with Crippen molar-refractivity contribution < 1.29 is 0 Å². The first kappa shape index (κ1) is 12.6. The third kappa shape index (κ3) is 2.51. The molecule has 0 amide bonds. The van der Waals surface area contributed by atoms with Crippen LogP contribution in [0.15, 0.2) is 39.5 Å². The number of rotatable bonds is 3. The average Bonchev–Trinajstić information content (AvgIpc) is 2.90. The summed E-state index contributed by atoms with van der Waals surface area (Å²) < 4.78 is 0. The van der Waals surface area contributed by atoms with Gasteiger partial charge in [-0.25, -0.2) is 4.98 Å². The quantitative estimate of drug-likeness (QED) is 0.869. The van der Waals surface area contributed by atoms with Crippen molar-refractivity contribution in [1.82, 2.24) is 9.97 Å². The highest BCUT2D eigenvalue weighted by Gasteiger charge is 2.12. The summed E-state index contributed by atoms with van der Waals surface area (Å²) in [6.07, 6.45) is 5.31. The van der Waals surface area contributed by atoms with Gasteiger partial charge in [0.1, 0.15) is 12.1 Å². The fourth-order valence-electron chi connectivity index (χ4n) is 1.40. The van der Waals surface area contributed by atoms with Crippen LogP contribution >= 0.6 is 23.5 Å². The van der Waals surface area contributed by atoms with Gasteiger partial charge in [0.25, 0.3) is 0 Å². The highest BCUT2D eigenvalue weighted by Crippen LogP contribution is 2.33. The van der Waals surface area contributed by atoms with Crippen molar-refractivity contribution in [3.8, 4) is 12.1 Å². The Kier molecular flexibility index (Phi) is 3.93. The number of nitrogens with one attached hydrogen (secondary N) is 1. The molecular weight excluding hydrogens is 264 g/mol. The SMILES string of the molecule is CSc1cc(C#N)c(C#N)c(Sc2ncc[nH]2)c1. The maximum atomic E-state index is 9.17. The predicted molar refractivity (Wildman–Crippen MR) is 70.4 cm³/mol. The van der Waals surface area contributed by atoms with E-state index in [0.29, 0.717) is 16.3 Å². The second kappa shape index (κ2) is 5.63. The number of imidazole rings is 1. The van der Waals surface area contributed by atoms with Crippen LogP contribution in [0.3, 0.4) is 0 Å². The molecule has 0 saturated heterocycles. The van der Waals surface area contributed by atoms with E-state index in [1.807, 2.05) is 12.3 Å². The molecule has 0 atom stereocenters. The molecule has 0 unspecified atom stereocenters. The number of hydrogen-bond acceptors (Lipinski definition) is 5. The van der Waals surface area contributed by atoms with Gasteiger partial charge in [0, 0.05) is 22.2 Å². The van der Waals surface area contributed by atoms with Crippen LogP contribution in [0.4, 0.5) is 0 Å². The normalized spacial score (nSPS) is 9.72. The predicted octanol–water partition coefficient (Wildman–Crippen LogP) is 3.03. The molecule has 1 aromatic heterocycles. The van der Waals surface area contributed by atoms with E-state index in [1.165, 1.54) is 23.5 Å². The molecule has 0 aliphatic rings. The van der Waals surface area contributed by atoms with E-state index in [-0.39, 0.29) is 0 Å². The minimum Gasteiger partial charge on any atom is -0.339 e. The number of aromatic amines is 1. The molecule has 18 heavy (non-hydrogen) atoms. The zero-order valence-electron chi connectivity index (χ0n) is 9.47. The van der Waals surface area contributed by atoms with Crippen LogP contribution in [-0.2, 0) is 0 Å². The van der Waals surface area contributed by atoms with E-state index < -0.39 is 0 Å². The van der Waals surface area contributed by atoms with Gasteiger partial charge in [0.2, 0.25) is 0 Å². The third-order valence-electron chi connectivity index (χ3n) is 2.22. The topological polar surface area (TPSA) is 76.3 Å². The number of hydrogen-bond donors (Lipinski definition) is 1. The van der Waals surface area contributed by atoms with Crippen molar-refractivity contribution >= 4 is 23.5 Å². The molecule has 0 bridgehead atoms. The lowest BCUT2D eigenvalue weighted by Crippen LogP contribution is -1.90. The standard InChI is InChI=1S/C12H8N4S2/c1-17-9-4-8(6-13)10(7-14)11(5-9)18-12-15-2-3-16-12/h2-5H,1H3,(H,15,16). The van der Waals surface area contributed by atoms with Crippen LogP contribution in [0.2, 0.25) is 0 Å².